The summed E-state index contributed by atoms with van der Waals surface area (Å²) in [7, 11) is 0. The summed E-state index contributed by atoms with van der Waals surface area (Å²) in [6.45, 7) is 6.18. The highest BCUT2D eigenvalue weighted by Crippen LogP contribution is 2.18. The van der Waals surface area contributed by atoms with Gasteiger partial charge in [-0.1, -0.05) is 6.07 Å². The van der Waals surface area contributed by atoms with Crippen molar-refractivity contribution >= 4 is 28.9 Å². The van der Waals surface area contributed by atoms with Crippen LogP contribution in [0.4, 0.5) is 5.69 Å². The first-order valence-corrected chi connectivity index (χ1v) is 8.05. The molecular formula is C16H23N3O2S. The van der Waals surface area contributed by atoms with Gasteiger partial charge in [0.15, 0.2) is 5.11 Å². The summed E-state index contributed by atoms with van der Waals surface area (Å²) in [6, 6.07) is 7.69. The second kappa shape index (κ2) is 7.98. The van der Waals surface area contributed by atoms with Gasteiger partial charge in [0.05, 0.1) is 6.10 Å². The molecule has 0 bridgehead atoms. The SMILES string of the molecule is CC(C)Oc1cccc(NC(=S)NCCN2CCCC2=O)c1. The highest BCUT2D eigenvalue weighted by atomic mass is 32.1. The van der Waals surface area contributed by atoms with E-state index in [1.165, 1.54) is 0 Å². The van der Waals surface area contributed by atoms with Gasteiger partial charge < -0.3 is 20.3 Å². The standard InChI is InChI=1S/C16H23N3O2S/c1-12(2)21-14-6-3-5-13(11-14)18-16(22)17-8-10-19-9-4-7-15(19)20/h3,5-6,11-12H,4,7-10H2,1-2H3,(H2,17,18,22). The Morgan fingerprint density at radius 2 is 2.27 bits per heavy atom. The van der Waals surface area contributed by atoms with Crippen LogP contribution in [-0.2, 0) is 4.79 Å². The van der Waals surface area contributed by atoms with E-state index < -0.39 is 0 Å². The van der Waals surface area contributed by atoms with E-state index in [0.29, 0.717) is 24.6 Å². The van der Waals surface area contributed by atoms with Crippen LogP contribution in [-0.4, -0.2) is 41.7 Å². The monoisotopic (exact) mass is 321 g/mol. The number of carbonyl (C=O) groups excluding carboxylic acids is 1. The van der Waals surface area contributed by atoms with Crippen LogP contribution in [0.1, 0.15) is 26.7 Å². The van der Waals surface area contributed by atoms with E-state index in [4.69, 9.17) is 17.0 Å². The van der Waals surface area contributed by atoms with Crippen molar-refractivity contribution in [1.29, 1.82) is 0 Å². The summed E-state index contributed by atoms with van der Waals surface area (Å²) in [6.07, 6.45) is 1.77. The van der Waals surface area contributed by atoms with Crippen molar-refractivity contribution in [2.24, 2.45) is 0 Å². The van der Waals surface area contributed by atoms with Gasteiger partial charge >= 0.3 is 0 Å². The molecule has 6 heteroatoms. The maximum absolute atomic E-state index is 11.5. The lowest BCUT2D eigenvalue weighted by atomic mass is 10.3. The van der Waals surface area contributed by atoms with E-state index >= 15 is 0 Å². The summed E-state index contributed by atoms with van der Waals surface area (Å²) < 4.78 is 5.65. The lowest BCUT2D eigenvalue weighted by molar-refractivity contribution is -0.127. The smallest absolute Gasteiger partial charge is 0.222 e. The minimum atomic E-state index is 0.137. The number of ether oxygens (including phenoxy) is 1. The molecular weight excluding hydrogens is 298 g/mol. The van der Waals surface area contributed by atoms with Crippen LogP contribution in [0.5, 0.6) is 5.75 Å². The molecule has 1 fully saturated rings. The van der Waals surface area contributed by atoms with Crippen molar-refractivity contribution in [2.75, 3.05) is 25.0 Å². The number of hydrogen-bond donors (Lipinski definition) is 2. The molecule has 0 radical (unpaired) electrons. The molecule has 0 atom stereocenters. The molecule has 0 unspecified atom stereocenters. The molecule has 2 N–H and O–H groups in total. The molecule has 1 aliphatic heterocycles. The third-order valence-electron chi connectivity index (χ3n) is 3.30. The predicted molar refractivity (Wildman–Crippen MR) is 92.2 cm³/mol. The molecule has 0 aliphatic carbocycles. The number of carbonyl (C=O) groups is 1. The Balaban J connectivity index is 1.75. The zero-order chi connectivity index (χ0) is 15.9. The molecule has 0 spiro atoms. The fourth-order valence-electron chi connectivity index (χ4n) is 2.34. The Morgan fingerprint density at radius 1 is 1.45 bits per heavy atom. The molecule has 22 heavy (non-hydrogen) atoms. The maximum Gasteiger partial charge on any atom is 0.222 e. The van der Waals surface area contributed by atoms with Crippen LogP contribution in [0.15, 0.2) is 24.3 Å². The zero-order valence-corrected chi connectivity index (χ0v) is 13.9. The highest BCUT2D eigenvalue weighted by molar-refractivity contribution is 7.80. The molecule has 1 aromatic carbocycles. The van der Waals surface area contributed by atoms with E-state index in [1.54, 1.807) is 0 Å². The van der Waals surface area contributed by atoms with Crippen LogP contribution < -0.4 is 15.4 Å². The Morgan fingerprint density at radius 3 is 2.95 bits per heavy atom. The number of thiocarbonyl (C=S) groups is 1. The number of nitrogens with zero attached hydrogens (tertiary/aromatic N) is 1. The lowest BCUT2D eigenvalue weighted by Gasteiger charge is -2.17. The van der Waals surface area contributed by atoms with Gasteiger partial charge in [-0.3, -0.25) is 4.79 Å². The van der Waals surface area contributed by atoms with Crippen LogP contribution >= 0.6 is 12.2 Å². The first-order valence-electron chi connectivity index (χ1n) is 7.64. The largest absolute Gasteiger partial charge is 0.491 e. The topological polar surface area (TPSA) is 53.6 Å². The fourth-order valence-corrected chi connectivity index (χ4v) is 2.56. The van der Waals surface area contributed by atoms with E-state index in [9.17, 15) is 4.79 Å². The lowest BCUT2D eigenvalue weighted by Crippen LogP contribution is -2.37. The van der Waals surface area contributed by atoms with Crippen LogP contribution in [0.25, 0.3) is 0 Å². The molecule has 1 aliphatic rings. The number of hydrogen-bond acceptors (Lipinski definition) is 3. The molecule has 0 aromatic heterocycles. The van der Waals surface area contributed by atoms with Crippen molar-refractivity contribution in [3.63, 3.8) is 0 Å². The third kappa shape index (κ3) is 5.18. The highest BCUT2D eigenvalue weighted by Gasteiger charge is 2.19. The van der Waals surface area contributed by atoms with Crippen molar-refractivity contribution in [3.05, 3.63) is 24.3 Å². The molecule has 120 valence electrons. The van der Waals surface area contributed by atoms with Gasteiger partial charge in [-0.05, 0) is 44.6 Å². The Bertz CT molecular complexity index is 534. The number of amides is 1. The second-order valence-electron chi connectivity index (χ2n) is 5.56. The third-order valence-corrected chi connectivity index (χ3v) is 3.55. The quantitative estimate of drug-likeness (QED) is 0.788. The molecule has 0 saturated carbocycles. The van der Waals surface area contributed by atoms with Gasteiger partial charge in [0.25, 0.3) is 0 Å². The Hall–Kier alpha value is -1.82. The van der Waals surface area contributed by atoms with E-state index in [0.717, 1.165) is 24.4 Å². The minimum absolute atomic E-state index is 0.137. The Labute approximate surface area is 137 Å². The normalized spacial score (nSPS) is 14.3. The van der Waals surface area contributed by atoms with Crippen molar-refractivity contribution in [3.8, 4) is 5.75 Å². The minimum Gasteiger partial charge on any atom is -0.491 e. The summed E-state index contributed by atoms with van der Waals surface area (Å²) in [5, 5.41) is 6.80. The maximum atomic E-state index is 11.5. The van der Waals surface area contributed by atoms with E-state index in [-0.39, 0.29) is 12.0 Å². The first-order chi connectivity index (χ1) is 10.5. The molecule has 1 amide bonds. The summed E-state index contributed by atoms with van der Waals surface area (Å²) in [4.78, 5) is 13.4. The molecule has 2 rings (SSSR count). The zero-order valence-electron chi connectivity index (χ0n) is 13.1. The van der Waals surface area contributed by atoms with Gasteiger partial charge in [-0.25, -0.2) is 0 Å². The summed E-state index contributed by atoms with van der Waals surface area (Å²) >= 11 is 5.27. The van der Waals surface area contributed by atoms with Crippen LogP contribution in [0, 0.1) is 0 Å². The van der Waals surface area contributed by atoms with Gasteiger partial charge in [0.2, 0.25) is 5.91 Å². The van der Waals surface area contributed by atoms with Gasteiger partial charge in [0, 0.05) is 37.8 Å². The van der Waals surface area contributed by atoms with E-state index in [1.807, 2.05) is 43.0 Å². The van der Waals surface area contributed by atoms with Crippen LogP contribution in [0.3, 0.4) is 0 Å². The number of nitrogens with one attached hydrogen (secondary N) is 2. The number of benzene rings is 1. The van der Waals surface area contributed by atoms with Crippen molar-refractivity contribution in [2.45, 2.75) is 32.8 Å². The molecule has 5 nitrogen and oxygen atoms in total. The van der Waals surface area contributed by atoms with Crippen molar-refractivity contribution < 1.29 is 9.53 Å². The van der Waals surface area contributed by atoms with Crippen LogP contribution in [0.2, 0.25) is 0 Å². The summed E-state index contributed by atoms with van der Waals surface area (Å²) in [5.74, 6) is 1.05. The number of anilines is 1. The average molecular weight is 321 g/mol. The molecule has 1 aromatic rings. The molecule has 1 saturated heterocycles. The summed E-state index contributed by atoms with van der Waals surface area (Å²) in [5.41, 5.74) is 0.882. The van der Waals surface area contributed by atoms with Crippen molar-refractivity contribution in [1.82, 2.24) is 10.2 Å². The predicted octanol–water partition coefficient (Wildman–Crippen LogP) is 2.38. The Kier molecular flexibility index (Phi) is 6.00. The number of likely N-dealkylation sites (tertiary alicyclic amines) is 1. The molecule has 1 heterocycles. The van der Waals surface area contributed by atoms with E-state index in [2.05, 4.69) is 10.6 Å². The first kappa shape index (κ1) is 16.5. The van der Waals surface area contributed by atoms with Gasteiger partial charge in [-0.15, -0.1) is 0 Å². The average Bonchev–Trinajstić information content (AvgIpc) is 2.84. The number of rotatable bonds is 6. The van der Waals surface area contributed by atoms with Gasteiger partial charge in [0.1, 0.15) is 5.75 Å². The van der Waals surface area contributed by atoms with Gasteiger partial charge in [-0.2, -0.15) is 0 Å². The second-order valence-corrected chi connectivity index (χ2v) is 5.97. The fraction of sp³-hybridized carbons (Fsp3) is 0.500.